The minimum absolute atomic E-state index is 0.0145. The summed E-state index contributed by atoms with van der Waals surface area (Å²) in [6, 6.07) is 9.26. The number of hydrogen-bond donors (Lipinski definition) is 1. The summed E-state index contributed by atoms with van der Waals surface area (Å²) >= 11 is 0.794. The summed E-state index contributed by atoms with van der Waals surface area (Å²) in [6.45, 7) is 1.79. The van der Waals surface area contributed by atoms with Crippen LogP contribution in [0.3, 0.4) is 0 Å². The van der Waals surface area contributed by atoms with Gasteiger partial charge in [0.2, 0.25) is 0 Å². The van der Waals surface area contributed by atoms with Gasteiger partial charge in [-0.05, 0) is 48.0 Å². The van der Waals surface area contributed by atoms with Crippen molar-refractivity contribution >= 4 is 44.8 Å². The highest BCUT2D eigenvalue weighted by Gasteiger charge is 2.34. The van der Waals surface area contributed by atoms with E-state index >= 15 is 0 Å². The van der Waals surface area contributed by atoms with E-state index in [1.807, 2.05) is 0 Å². The lowest BCUT2D eigenvalue weighted by Gasteiger charge is -2.10. The van der Waals surface area contributed by atoms with Crippen LogP contribution >= 0.6 is 11.8 Å². The van der Waals surface area contributed by atoms with Gasteiger partial charge in [-0.25, -0.2) is 0 Å². The maximum absolute atomic E-state index is 12.6. The molecule has 0 radical (unpaired) electrons. The summed E-state index contributed by atoms with van der Waals surface area (Å²) in [6.07, 6.45) is 1.50. The molecular weight excluding hydrogens is 446 g/mol. The van der Waals surface area contributed by atoms with Crippen LogP contribution in [0.1, 0.15) is 11.1 Å². The number of imide groups is 1. The first-order chi connectivity index (χ1) is 14.6. The zero-order valence-electron chi connectivity index (χ0n) is 16.2. The number of nitrogens with zero attached hydrogens (tertiary/aromatic N) is 2. The van der Waals surface area contributed by atoms with E-state index in [0.717, 1.165) is 22.7 Å². The maximum Gasteiger partial charge on any atom is 0.339 e. The molecule has 0 spiro atoms. The first-order valence-corrected chi connectivity index (χ1v) is 11.1. The summed E-state index contributed by atoms with van der Waals surface area (Å²) in [5, 5.41) is 10.5. The Kier molecular flexibility index (Phi) is 6.43. The van der Waals surface area contributed by atoms with Crippen molar-refractivity contribution in [2.24, 2.45) is 5.73 Å². The molecular formula is C19H17N3O7S2. The number of rotatable bonds is 7. The summed E-state index contributed by atoms with van der Waals surface area (Å²) in [5.41, 5.74) is 5.88. The van der Waals surface area contributed by atoms with Crippen molar-refractivity contribution in [2.45, 2.75) is 11.8 Å². The molecule has 0 unspecified atom stereocenters. The lowest BCUT2D eigenvalue weighted by molar-refractivity contribution is -0.385. The second-order valence-corrected chi connectivity index (χ2v) is 8.94. The molecule has 31 heavy (non-hydrogen) atoms. The van der Waals surface area contributed by atoms with Gasteiger partial charge in [0.05, 0.1) is 9.83 Å². The van der Waals surface area contributed by atoms with Crippen molar-refractivity contribution in [3.63, 3.8) is 0 Å². The van der Waals surface area contributed by atoms with E-state index < -0.39 is 26.2 Å². The van der Waals surface area contributed by atoms with Gasteiger partial charge in [0.1, 0.15) is 10.6 Å². The molecule has 2 N–H and O–H groups in total. The zero-order valence-corrected chi connectivity index (χ0v) is 17.8. The van der Waals surface area contributed by atoms with Crippen LogP contribution < -0.4 is 9.92 Å². The second-order valence-electron chi connectivity index (χ2n) is 6.44. The fourth-order valence-corrected chi connectivity index (χ4v) is 4.78. The Hall–Kier alpha value is -3.22. The topological polar surface area (TPSA) is 150 Å². The minimum Gasteiger partial charge on any atom is -0.379 e. The fraction of sp³-hybridized carbons (Fsp3) is 0.158. The van der Waals surface area contributed by atoms with E-state index in [9.17, 15) is 28.1 Å². The van der Waals surface area contributed by atoms with E-state index in [4.69, 9.17) is 9.92 Å². The molecule has 1 aliphatic heterocycles. The summed E-state index contributed by atoms with van der Waals surface area (Å²) in [4.78, 5) is 35.3. The van der Waals surface area contributed by atoms with Crippen molar-refractivity contribution in [2.75, 3.05) is 13.1 Å². The average molecular weight is 463 g/mol. The highest BCUT2D eigenvalue weighted by molar-refractivity contribution is 8.18. The lowest BCUT2D eigenvalue weighted by atomic mass is 10.2. The third-order valence-corrected chi connectivity index (χ3v) is 6.56. The van der Waals surface area contributed by atoms with Crippen molar-refractivity contribution < 1.29 is 27.1 Å². The smallest absolute Gasteiger partial charge is 0.339 e. The van der Waals surface area contributed by atoms with E-state index in [1.165, 1.54) is 49.4 Å². The molecule has 0 atom stereocenters. The van der Waals surface area contributed by atoms with Crippen LogP contribution in [-0.2, 0) is 14.9 Å². The van der Waals surface area contributed by atoms with Gasteiger partial charge in [0.25, 0.3) is 16.8 Å². The number of carbonyl (C=O) groups excluding carboxylic acids is 2. The fourth-order valence-electron chi connectivity index (χ4n) is 2.74. The number of nitro benzene ring substituents is 1. The molecule has 0 saturated carbocycles. The minimum atomic E-state index is -4.31. The van der Waals surface area contributed by atoms with E-state index in [1.54, 1.807) is 0 Å². The van der Waals surface area contributed by atoms with Crippen LogP contribution in [0.15, 0.2) is 52.3 Å². The second kappa shape index (κ2) is 8.88. The van der Waals surface area contributed by atoms with Gasteiger partial charge in [-0.2, -0.15) is 8.42 Å². The lowest BCUT2D eigenvalue weighted by Crippen LogP contribution is -2.33. The molecule has 3 rings (SSSR count). The summed E-state index contributed by atoms with van der Waals surface area (Å²) in [7, 11) is -4.31. The largest absolute Gasteiger partial charge is 0.379 e. The zero-order chi connectivity index (χ0) is 22.8. The van der Waals surface area contributed by atoms with Crippen molar-refractivity contribution in [1.82, 2.24) is 4.90 Å². The number of nitrogens with two attached hydrogens (primary N) is 1. The van der Waals surface area contributed by atoms with Crippen LogP contribution in [0.4, 0.5) is 10.5 Å². The summed E-state index contributed by atoms with van der Waals surface area (Å²) in [5.74, 6) is -0.455. The average Bonchev–Trinajstić information content (AvgIpc) is 2.97. The van der Waals surface area contributed by atoms with Crippen LogP contribution in [0, 0.1) is 17.0 Å². The summed E-state index contributed by atoms with van der Waals surface area (Å²) < 4.78 is 30.3. The molecule has 1 heterocycles. The number of nitro groups is 1. The van der Waals surface area contributed by atoms with Gasteiger partial charge >= 0.3 is 10.1 Å². The monoisotopic (exact) mass is 463 g/mol. The van der Waals surface area contributed by atoms with Gasteiger partial charge in [0.15, 0.2) is 0 Å². The molecule has 12 heteroatoms. The predicted molar refractivity (Wildman–Crippen MR) is 114 cm³/mol. The van der Waals surface area contributed by atoms with Gasteiger partial charge in [0, 0.05) is 25.2 Å². The maximum atomic E-state index is 12.6. The van der Waals surface area contributed by atoms with Crippen LogP contribution in [0.2, 0.25) is 0 Å². The first kappa shape index (κ1) is 22.5. The molecule has 2 aromatic rings. The van der Waals surface area contributed by atoms with Gasteiger partial charge in [-0.3, -0.25) is 24.6 Å². The number of amides is 2. The molecule has 2 aromatic carbocycles. The SMILES string of the molecule is Cc1ccc([N+](=O)[O-])cc1S(=O)(=O)Oc1ccc(/C=C2/SC(=O)N(CCN)C2=O)cc1. The predicted octanol–water partition coefficient (Wildman–Crippen LogP) is 2.67. The Balaban J connectivity index is 1.80. The third-order valence-electron chi connectivity index (χ3n) is 4.26. The molecule has 0 bridgehead atoms. The number of benzene rings is 2. The molecule has 0 aromatic heterocycles. The van der Waals surface area contributed by atoms with Crippen LogP contribution in [0.25, 0.3) is 6.08 Å². The number of carbonyl (C=O) groups is 2. The number of aryl methyl sites for hydroxylation is 1. The van der Waals surface area contributed by atoms with Crippen molar-refractivity contribution in [3.05, 3.63) is 68.6 Å². The number of thioether (sulfide) groups is 1. The Morgan fingerprint density at radius 3 is 2.48 bits per heavy atom. The molecule has 10 nitrogen and oxygen atoms in total. The van der Waals surface area contributed by atoms with Crippen LogP contribution in [0.5, 0.6) is 5.75 Å². The highest BCUT2D eigenvalue weighted by atomic mass is 32.2. The van der Waals surface area contributed by atoms with E-state index in [0.29, 0.717) is 11.1 Å². The van der Waals surface area contributed by atoms with Crippen molar-refractivity contribution in [3.8, 4) is 5.75 Å². The molecule has 1 fully saturated rings. The highest BCUT2D eigenvalue weighted by Crippen LogP contribution is 2.32. The van der Waals surface area contributed by atoms with Gasteiger partial charge < -0.3 is 9.92 Å². The normalized spacial score (nSPS) is 15.5. The van der Waals surface area contributed by atoms with Crippen molar-refractivity contribution in [1.29, 1.82) is 0 Å². The standard InChI is InChI=1S/C19H17N3O7S2/c1-12-2-5-14(22(25)26)11-17(12)31(27,28)29-15-6-3-13(4-7-15)10-16-18(23)21(9-8-20)19(24)30-16/h2-7,10-11H,8-9,20H2,1H3/b16-10+. The molecule has 1 saturated heterocycles. The van der Waals surface area contributed by atoms with Gasteiger partial charge in [-0.1, -0.05) is 18.2 Å². The Bertz CT molecular complexity index is 1190. The number of hydrogen-bond acceptors (Lipinski definition) is 9. The molecule has 0 aliphatic carbocycles. The molecule has 162 valence electrons. The quantitative estimate of drug-likeness (QED) is 0.283. The Morgan fingerprint density at radius 1 is 1.19 bits per heavy atom. The van der Waals surface area contributed by atoms with E-state index in [2.05, 4.69) is 0 Å². The first-order valence-electron chi connectivity index (χ1n) is 8.87. The van der Waals surface area contributed by atoms with E-state index in [-0.39, 0.29) is 34.3 Å². The number of non-ortho nitro benzene ring substituents is 1. The van der Waals surface area contributed by atoms with Crippen LogP contribution in [-0.4, -0.2) is 42.5 Å². The Labute approximate surface area is 181 Å². The Morgan fingerprint density at radius 2 is 1.87 bits per heavy atom. The third kappa shape index (κ3) is 4.93. The molecule has 1 aliphatic rings. The molecule has 2 amide bonds. The van der Waals surface area contributed by atoms with Gasteiger partial charge in [-0.15, -0.1) is 0 Å².